The van der Waals surface area contributed by atoms with Crippen molar-refractivity contribution < 1.29 is 4.79 Å². The van der Waals surface area contributed by atoms with Crippen molar-refractivity contribution in [1.82, 2.24) is 14.9 Å². The molecule has 3 rings (SSSR count). The zero-order valence-electron chi connectivity index (χ0n) is 16.5. The monoisotopic (exact) mass is 363 g/mol. The van der Waals surface area contributed by atoms with E-state index in [1.165, 1.54) is 5.52 Å². The molecule has 3 aromatic rings. The summed E-state index contributed by atoms with van der Waals surface area (Å²) in [6.07, 6.45) is 2.20. The molecule has 0 aliphatic carbocycles. The molecule has 0 radical (unpaired) electrons. The summed E-state index contributed by atoms with van der Waals surface area (Å²) in [6, 6.07) is 16.3. The molecule has 0 bridgehead atoms. The minimum Gasteiger partial charge on any atom is -0.356 e. The molecule has 0 aliphatic heterocycles. The minimum absolute atomic E-state index is 0.0833. The van der Waals surface area contributed by atoms with E-state index in [-0.39, 0.29) is 5.91 Å². The molecule has 1 N–H and O–H groups in total. The number of nitrogens with one attached hydrogen (secondary N) is 1. The molecule has 1 aromatic heterocycles. The highest BCUT2D eigenvalue weighted by atomic mass is 16.1. The van der Waals surface area contributed by atoms with Crippen LogP contribution >= 0.6 is 0 Å². The van der Waals surface area contributed by atoms with Crippen LogP contribution in [0.4, 0.5) is 0 Å². The van der Waals surface area contributed by atoms with Crippen molar-refractivity contribution in [2.24, 2.45) is 5.92 Å². The van der Waals surface area contributed by atoms with Gasteiger partial charge in [-0.15, -0.1) is 0 Å². The summed E-state index contributed by atoms with van der Waals surface area (Å²) in [5.74, 6) is 1.76. The van der Waals surface area contributed by atoms with Gasteiger partial charge < -0.3 is 9.88 Å². The number of aryl methyl sites for hydroxylation is 2. The lowest BCUT2D eigenvalue weighted by atomic mass is 10.1. The number of hydrogen-bond donors (Lipinski definition) is 1. The fourth-order valence-corrected chi connectivity index (χ4v) is 3.40. The lowest BCUT2D eigenvalue weighted by molar-refractivity contribution is -0.120. The lowest BCUT2D eigenvalue weighted by Crippen LogP contribution is -2.26. The van der Waals surface area contributed by atoms with E-state index in [4.69, 9.17) is 4.98 Å². The fourth-order valence-electron chi connectivity index (χ4n) is 3.40. The van der Waals surface area contributed by atoms with Gasteiger partial charge in [-0.2, -0.15) is 0 Å². The predicted molar refractivity (Wildman–Crippen MR) is 111 cm³/mol. The van der Waals surface area contributed by atoms with E-state index in [1.807, 2.05) is 37.3 Å². The zero-order valence-corrected chi connectivity index (χ0v) is 16.5. The third-order valence-corrected chi connectivity index (χ3v) is 4.79. The maximum atomic E-state index is 12.2. The molecule has 0 saturated heterocycles. The van der Waals surface area contributed by atoms with E-state index < -0.39 is 0 Å². The van der Waals surface area contributed by atoms with Gasteiger partial charge in [-0.25, -0.2) is 4.98 Å². The normalized spacial score (nSPS) is 11.3. The lowest BCUT2D eigenvalue weighted by Gasteiger charge is -2.12. The number of hydrogen-bond acceptors (Lipinski definition) is 2. The average Bonchev–Trinajstić information content (AvgIpc) is 2.98. The molecule has 0 fully saturated rings. The van der Waals surface area contributed by atoms with Crippen molar-refractivity contribution in [2.45, 2.75) is 46.6 Å². The van der Waals surface area contributed by atoms with Crippen LogP contribution in [-0.2, 0) is 24.2 Å². The molecular formula is C23H29N3O. The summed E-state index contributed by atoms with van der Waals surface area (Å²) < 4.78 is 2.33. The van der Waals surface area contributed by atoms with Gasteiger partial charge in [0, 0.05) is 19.5 Å². The molecular weight excluding hydrogens is 334 g/mol. The van der Waals surface area contributed by atoms with Crippen molar-refractivity contribution in [1.29, 1.82) is 0 Å². The maximum Gasteiger partial charge on any atom is 0.224 e. The Bertz CT molecular complexity index is 911. The third-order valence-electron chi connectivity index (χ3n) is 4.79. The Hall–Kier alpha value is -2.62. The Morgan fingerprint density at radius 3 is 2.63 bits per heavy atom. The summed E-state index contributed by atoms with van der Waals surface area (Å²) >= 11 is 0. The zero-order chi connectivity index (χ0) is 19.2. The van der Waals surface area contributed by atoms with Gasteiger partial charge in [0.15, 0.2) is 0 Å². The number of amides is 1. The van der Waals surface area contributed by atoms with E-state index in [9.17, 15) is 4.79 Å². The van der Waals surface area contributed by atoms with Crippen LogP contribution < -0.4 is 5.32 Å². The molecule has 4 heteroatoms. The molecule has 142 valence electrons. The second-order valence-corrected chi connectivity index (χ2v) is 7.58. The minimum atomic E-state index is 0.0833. The first kappa shape index (κ1) is 19.2. The van der Waals surface area contributed by atoms with Crippen molar-refractivity contribution >= 4 is 16.9 Å². The fraction of sp³-hybridized carbons (Fsp3) is 0.391. The molecule has 0 aliphatic rings. The molecule has 2 aromatic carbocycles. The summed E-state index contributed by atoms with van der Waals surface area (Å²) in [5.41, 5.74) is 4.50. The van der Waals surface area contributed by atoms with Crippen molar-refractivity contribution in [3.8, 4) is 0 Å². The molecule has 0 unspecified atom stereocenters. The van der Waals surface area contributed by atoms with Gasteiger partial charge in [0.05, 0.1) is 17.5 Å². The van der Waals surface area contributed by atoms with Crippen LogP contribution in [0.15, 0.2) is 48.5 Å². The number of nitrogens with zero attached hydrogens (tertiary/aromatic N) is 2. The number of benzene rings is 2. The van der Waals surface area contributed by atoms with E-state index >= 15 is 0 Å². The predicted octanol–water partition coefficient (Wildman–Crippen LogP) is 4.29. The molecule has 1 heterocycles. The van der Waals surface area contributed by atoms with Crippen LogP contribution in [0.1, 0.15) is 37.2 Å². The topological polar surface area (TPSA) is 46.9 Å². The SMILES string of the molecule is Cc1ccccc1CC(=O)NCCCc1nc2ccccc2n1CC(C)C. The first-order valence-corrected chi connectivity index (χ1v) is 9.80. The number of rotatable bonds is 8. The summed E-state index contributed by atoms with van der Waals surface area (Å²) in [6.45, 7) is 8.14. The largest absolute Gasteiger partial charge is 0.356 e. The third kappa shape index (κ3) is 4.97. The van der Waals surface area contributed by atoms with Crippen molar-refractivity contribution in [2.75, 3.05) is 6.54 Å². The van der Waals surface area contributed by atoms with Crippen LogP contribution in [0.3, 0.4) is 0 Å². The molecule has 27 heavy (non-hydrogen) atoms. The standard InChI is InChI=1S/C23H29N3O/c1-17(2)16-26-21-12-7-6-11-20(21)25-22(26)13-8-14-24-23(27)15-19-10-5-4-9-18(19)3/h4-7,9-12,17H,8,13-16H2,1-3H3,(H,24,27). The Labute approximate surface area is 161 Å². The van der Waals surface area contributed by atoms with Gasteiger partial charge in [0.1, 0.15) is 5.82 Å². The molecule has 0 saturated carbocycles. The molecule has 4 nitrogen and oxygen atoms in total. The number of carbonyl (C=O) groups is 1. The highest BCUT2D eigenvalue weighted by molar-refractivity contribution is 5.79. The highest BCUT2D eigenvalue weighted by Crippen LogP contribution is 2.18. The van der Waals surface area contributed by atoms with Gasteiger partial charge in [-0.05, 0) is 42.5 Å². The number of para-hydroxylation sites is 2. The van der Waals surface area contributed by atoms with Gasteiger partial charge in [0.2, 0.25) is 5.91 Å². The van der Waals surface area contributed by atoms with Gasteiger partial charge in [-0.1, -0.05) is 50.2 Å². The summed E-state index contributed by atoms with van der Waals surface area (Å²) in [7, 11) is 0. The van der Waals surface area contributed by atoms with Crippen LogP contribution in [0.2, 0.25) is 0 Å². The van der Waals surface area contributed by atoms with Gasteiger partial charge in [0.25, 0.3) is 0 Å². The average molecular weight is 364 g/mol. The van der Waals surface area contributed by atoms with E-state index in [1.54, 1.807) is 0 Å². The van der Waals surface area contributed by atoms with Crippen molar-refractivity contribution in [3.63, 3.8) is 0 Å². The van der Waals surface area contributed by atoms with E-state index in [0.717, 1.165) is 41.9 Å². The number of imidazole rings is 1. The molecule has 0 spiro atoms. The molecule has 0 atom stereocenters. The summed E-state index contributed by atoms with van der Waals surface area (Å²) in [5, 5.41) is 3.05. The smallest absolute Gasteiger partial charge is 0.224 e. The Balaban J connectivity index is 1.56. The van der Waals surface area contributed by atoms with Crippen LogP contribution in [0, 0.1) is 12.8 Å². The van der Waals surface area contributed by atoms with Crippen LogP contribution in [-0.4, -0.2) is 22.0 Å². The van der Waals surface area contributed by atoms with Crippen LogP contribution in [0.25, 0.3) is 11.0 Å². The Morgan fingerprint density at radius 1 is 1.11 bits per heavy atom. The van der Waals surface area contributed by atoms with Gasteiger partial charge in [-0.3, -0.25) is 4.79 Å². The first-order valence-electron chi connectivity index (χ1n) is 9.80. The Morgan fingerprint density at radius 2 is 1.85 bits per heavy atom. The second-order valence-electron chi connectivity index (χ2n) is 7.58. The number of carbonyl (C=O) groups excluding carboxylic acids is 1. The number of aromatic nitrogens is 2. The quantitative estimate of drug-likeness (QED) is 0.607. The molecule has 1 amide bonds. The second kappa shape index (κ2) is 8.85. The maximum absolute atomic E-state index is 12.2. The summed E-state index contributed by atoms with van der Waals surface area (Å²) in [4.78, 5) is 17.0. The Kier molecular flexibility index (Phi) is 6.28. The van der Waals surface area contributed by atoms with Crippen LogP contribution in [0.5, 0.6) is 0 Å². The highest BCUT2D eigenvalue weighted by Gasteiger charge is 2.11. The van der Waals surface area contributed by atoms with Gasteiger partial charge >= 0.3 is 0 Å². The number of fused-ring (bicyclic) bond motifs is 1. The van der Waals surface area contributed by atoms with E-state index in [2.05, 4.69) is 41.9 Å². The van der Waals surface area contributed by atoms with E-state index in [0.29, 0.717) is 18.9 Å². The first-order chi connectivity index (χ1) is 13.0. The van der Waals surface area contributed by atoms with Crippen molar-refractivity contribution in [3.05, 3.63) is 65.5 Å².